The number of allylic oxidation sites excluding steroid dienone is 1. The molecule has 1 amide bonds. The molecule has 1 N–H and O–H groups in total. The van der Waals surface area contributed by atoms with E-state index in [0.717, 1.165) is 12.0 Å². The Morgan fingerprint density at radius 2 is 1.76 bits per heavy atom. The number of amides is 1. The SMILES string of the molecule is CC(C)N(C(=O)OC(=C=N)CCc1ccccc1)C(C)C. The zero-order valence-electron chi connectivity index (χ0n) is 13.2. The first-order valence-corrected chi connectivity index (χ1v) is 7.28. The van der Waals surface area contributed by atoms with Gasteiger partial charge in [0, 0.05) is 24.4 Å². The number of nitrogens with one attached hydrogen (secondary N) is 1. The molecule has 0 atom stereocenters. The van der Waals surface area contributed by atoms with Gasteiger partial charge in [-0.2, -0.15) is 0 Å². The lowest BCUT2D eigenvalue weighted by Gasteiger charge is -2.29. The van der Waals surface area contributed by atoms with Crippen LogP contribution < -0.4 is 0 Å². The zero-order chi connectivity index (χ0) is 15.8. The number of aryl methyl sites for hydroxylation is 1. The fraction of sp³-hybridized carbons (Fsp3) is 0.471. The van der Waals surface area contributed by atoms with Gasteiger partial charge in [0.25, 0.3) is 0 Å². The van der Waals surface area contributed by atoms with Crippen molar-refractivity contribution in [3.05, 3.63) is 41.7 Å². The highest BCUT2D eigenvalue weighted by Crippen LogP contribution is 2.13. The molecule has 0 fully saturated rings. The minimum absolute atomic E-state index is 0.0543. The lowest BCUT2D eigenvalue weighted by atomic mass is 10.1. The molecular weight excluding hydrogens is 264 g/mol. The molecule has 0 heterocycles. The Morgan fingerprint density at radius 1 is 1.19 bits per heavy atom. The van der Waals surface area contributed by atoms with Crippen LogP contribution in [0.15, 0.2) is 36.1 Å². The van der Waals surface area contributed by atoms with Crippen LogP contribution in [0, 0.1) is 5.41 Å². The van der Waals surface area contributed by atoms with Crippen molar-refractivity contribution in [1.29, 1.82) is 5.41 Å². The summed E-state index contributed by atoms with van der Waals surface area (Å²) in [6.45, 7) is 7.77. The summed E-state index contributed by atoms with van der Waals surface area (Å²) in [6.07, 6.45) is 0.796. The van der Waals surface area contributed by atoms with Gasteiger partial charge < -0.3 is 9.64 Å². The van der Waals surface area contributed by atoms with Crippen molar-refractivity contribution in [3.8, 4) is 0 Å². The first-order chi connectivity index (χ1) is 9.95. The van der Waals surface area contributed by atoms with Gasteiger partial charge in [-0.25, -0.2) is 4.79 Å². The fourth-order valence-electron chi connectivity index (χ4n) is 2.22. The summed E-state index contributed by atoms with van der Waals surface area (Å²) in [6, 6.07) is 10.0. The van der Waals surface area contributed by atoms with E-state index >= 15 is 0 Å². The van der Waals surface area contributed by atoms with Gasteiger partial charge in [0.1, 0.15) is 0 Å². The number of carbonyl (C=O) groups excluding carboxylic acids is 1. The Bertz CT molecular complexity index is 495. The van der Waals surface area contributed by atoms with E-state index in [-0.39, 0.29) is 17.8 Å². The molecule has 21 heavy (non-hydrogen) atoms. The number of benzene rings is 1. The van der Waals surface area contributed by atoms with E-state index in [1.807, 2.05) is 58.0 Å². The van der Waals surface area contributed by atoms with Gasteiger partial charge in [-0.3, -0.25) is 5.41 Å². The van der Waals surface area contributed by atoms with Gasteiger partial charge in [-0.15, -0.1) is 0 Å². The maximum absolute atomic E-state index is 12.2. The minimum atomic E-state index is -0.414. The third-order valence-electron chi connectivity index (χ3n) is 3.16. The van der Waals surface area contributed by atoms with Crippen LogP contribution in [-0.4, -0.2) is 28.9 Å². The molecule has 0 aromatic heterocycles. The summed E-state index contributed by atoms with van der Waals surface area (Å²) in [4.78, 5) is 13.8. The monoisotopic (exact) mass is 288 g/mol. The molecule has 0 saturated heterocycles. The van der Waals surface area contributed by atoms with Crippen LogP contribution in [0.2, 0.25) is 0 Å². The molecule has 0 aliphatic carbocycles. The number of hydrogen-bond acceptors (Lipinski definition) is 3. The summed E-state index contributed by atoms with van der Waals surface area (Å²) >= 11 is 0. The highest BCUT2D eigenvalue weighted by molar-refractivity contribution is 5.71. The summed E-state index contributed by atoms with van der Waals surface area (Å²) in [5.74, 6) is 2.51. The van der Waals surface area contributed by atoms with E-state index in [2.05, 4.69) is 5.87 Å². The van der Waals surface area contributed by atoms with Gasteiger partial charge >= 0.3 is 6.09 Å². The molecular formula is C17H24N2O2. The maximum Gasteiger partial charge on any atom is 0.416 e. The van der Waals surface area contributed by atoms with Crippen LogP contribution in [-0.2, 0) is 11.2 Å². The van der Waals surface area contributed by atoms with Crippen molar-refractivity contribution in [1.82, 2.24) is 4.90 Å². The van der Waals surface area contributed by atoms with E-state index < -0.39 is 6.09 Å². The largest absolute Gasteiger partial charge is 0.416 e. The standard InChI is InChI=1S/C17H24N2O2/c1-13(2)19(14(3)4)17(20)21-16(12-18)11-10-15-8-6-5-7-9-15/h5-9,13-14,18H,10-11H2,1-4H3. The van der Waals surface area contributed by atoms with Crippen molar-refractivity contribution in [2.75, 3.05) is 0 Å². The van der Waals surface area contributed by atoms with Crippen LogP contribution in [0.5, 0.6) is 0 Å². The third kappa shape index (κ3) is 5.44. The molecule has 114 valence electrons. The first kappa shape index (κ1) is 17.0. The average Bonchev–Trinajstić information content (AvgIpc) is 2.43. The fourth-order valence-corrected chi connectivity index (χ4v) is 2.22. The van der Waals surface area contributed by atoms with Crippen molar-refractivity contribution in [3.63, 3.8) is 0 Å². The number of ether oxygens (including phenoxy) is 1. The number of rotatable bonds is 6. The predicted octanol–water partition coefficient (Wildman–Crippen LogP) is 4.01. The van der Waals surface area contributed by atoms with Gasteiger partial charge in [0.15, 0.2) is 5.76 Å². The van der Waals surface area contributed by atoms with Gasteiger partial charge in [-0.05, 0) is 39.7 Å². The second-order valence-electron chi connectivity index (χ2n) is 5.50. The van der Waals surface area contributed by atoms with Gasteiger partial charge in [0.05, 0.1) is 0 Å². The Kier molecular flexibility index (Phi) is 6.70. The number of hydrogen-bond donors (Lipinski definition) is 1. The third-order valence-corrected chi connectivity index (χ3v) is 3.16. The molecule has 4 heteroatoms. The highest BCUT2D eigenvalue weighted by atomic mass is 16.6. The lowest BCUT2D eigenvalue weighted by Crippen LogP contribution is -2.42. The van der Waals surface area contributed by atoms with Gasteiger partial charge in [0.2, 0.25) is 0 Å². The molecule has 0 saturated carbocycles. The van der Waals surface area contributed by atoms with Crippen LogP contribution >= 0.6 is 0 Å². The Balaban J connectivity index is 2.62. The molecule has 0 bridgehead atoms. The molecule has 1 rings (SSSR count). The van der Waals surface area contributed by atoms with Crippen molar-refractivity contribution in [2.45, 2.75) is 52.6 Å². The normalized spacial score (nSPS) is 10.4. The van der Waals surface area contributed by atoms with Crippen LogP contribution in [0.4, 0.5) is 4.79 Å². The minimum Gasteiger partial charge on any atom is -0.405 e. The van der Waals surface area contributed by atoms with Crippen molar-refractivity contribution >= 4 is 12.0 Å². The number of nitrogens with zero attached hydrogens (tertiary/aromatic N) is 1. The second kappa shape index (κ2) is 8.28. The molecule has 0 aliphatic heterocycles. The molecule has 0 unspecified atom stereocenters. The molecule has 1 aromatic rings. The summed E-state index contributed by atoms with van der Waals surface area (Å²) in [7, 11) is 0. The van der Waals surface area contributed by atoms with Crippen molar-refractivity contribution < 1.29 is 9.53 Å². The smallest absolute Gasteiger partial charge is 0.405 e. The first-order valence-electron chi connectivity index (χ1n) is 7.28. The highest BCUT2D eigenvalue weighted by Gasteiger charge is 2.22. The molecule has 0 aliphatic rings. The van der Waals surface area contributed by atoms with Crippen LogP contribution in [0.25, 0.3) is 0 Å². The predicted molar refractivity (Wildman–Crippen MR) is 84.6 cm³/mol. The maximum atomic E-state index is 12.2. The summed E-state index contributed by atoms with van der Waals surface area (Å²) in [5, 5.41) is 7.29. The zero-order valence-corrected chi connectivity index (χ0v) is 13.2. The van der Waals surface area contributed by atoms with E-state index in [1.165, 1.54) is 0 Å². The summed E-state index contributed by atoms with van der Waals surface area (Å²) < 4.78 is 5.31. The Hall–Kier alpha value is -2.06. The average molecular weight is 288 g/mol. The van der Waals surface area contributed by atoms with Gasteiger partial charge in [-0.1, -0.05) is 30.3 Å². The Morgan fingerprint density at radius 3 is 2.24 bits per heavy atom. The second-order valence-corrected chi connectivity index (χ2v) is 5.50. The van der Waals surface area contributed by atoms with Crippen LogP contribution in [0.1, 0.15) is 39.7 Å². The molecule has 1 aromatic carbocycles. The molecule has 0 radical (unpaired) electrons. The quantitative estimate of drug-likeness (QED) is 0.635. The number of carbonyl (C=O) groups is 1. The van der Waals surface area contributed by atoms with E-state index in [1.54, 1.807) is 4.90 Å². The Labute approximate surface area is 126 Å². The molecule has 4 nitrogen and oxygen atoms in total. The topological polar surface area (TPSA) is 53.4 Å². The van der Waals surface area contributed by atoms with E-state index in [4.69, 9.17) is 10.1 Å². The van der Waals surface area contributed by atoms with Crippen molar-refractivity contribution in [2.24, 2.45) is 0 Å². The van der Waals surface area contributed by atoms with E-state index in [0.29, 0.717) is 6.42 Å². The summed E-state index contributed by atoms with van der Waals surface area (Å²) in [5.41, 5.74) is 1.14. The van der Waals surface area contributed by atoms with E-state index in [9.17, 15) is 4.79 Å². The molecule has 0 spiro atoms. The lowest BCUT2D eigenvalue weighted by molar-refractivity contribution is 0.100. The van der Waals surface area contributed by atoms with Crippen LogP contribution in [0.3, 0.4) is 0 Å².